The average molecular weight is 404 g/mol. The van der Waals surface area contributed by atoms with E-state index in [4.69, 9.17) is 0 Å². The lowest BCUT2D eigenvalue weighted by Crippen LogP contribution is -2.60. The molecule has 9 atom stereocenters. The van der Waals surface area contributed by atoms with Crippen molar-refractivity contribution in [1.82, 2.24) is 5.32 Å². The molecule has 1 unspecified atom stereocenters. The van der Waals surface area contributed by atoms with Gasteiger partial charge in [-0.25, -0.2) is 0 Å². The summed E-state index contributed by atoms with van der Waals surface area (Å²) in [5, 5.41) is 14.7. The minimum atomic E-state index is -0.102. The second-order valence-corrected chi connectivity index (χ2v) is 12.7. The zero-order valence-corrected chi connectivity index (χ0v) is 20.3. The van der Waals surface area contributed by atoms with Gasteiger partial charge in [0.2, 0.25) is 0 Å². The van der Waals surface area contributed by atoms with Gasteiger partial charge in [0.25, 0.3) is 0 Å². The van der Waals surface area contributed by atoms with Crippen molar-refractivity contribution in [2.75, 3.05) is 6.54 Å². The molecule has 2 nitrogen and oxygen atoms in total. The molecule has 4 aliphatic carbocycles. The van der Waals surface area contributed by atoms with Gasteiger partial charge < -0.3 is 10.4 Å². The molecule has 0 aromatic carbocycles. The van der Waals surface area contributed by atoms with E-state index in [0.717, 1.165) is 30.1 Å². The molecule has 0 heterocycles. The fourth-order valence-electron chi connectivity index (χ4n) is 9.52. The first-order chi connectivity index (χ1) is 13.7. The van der Waals surface area contributed by atoms with E-state index in [9.17, 15) is 5.11 Å². The van der Waals surface area contributed by atoms with Crippen molar-refractivity contribution in [2.45, 2.75) is 118 Å². The van der Waals surface area contributed by atoms with Crippen molar-refractivity contribution >= 4 is 0 Å². The summed E-state index contributed by atoms with van der Waals surface area (Å²) in [5.41, 5.74) is 1.09. The highest BCUT2D eigenvalue weighted by Gasteiger charge is 2.63. The number of hydrogen-bond acceptors (Lipinski definition) is 2. The minimum absolute atomic E-state index is 0.0889. The predicted molar refractivity (Wildman–Crippen MR) is 123 cm³/mol. The second-order valence-electron chi connectivity index (χ2n) is 12.7. The summed E-state index contributed by atoms with van der Waals surface area (Å²) in [5.74, 6) is 4.31. The maximum atomic E-state index is 10.8. The second kappa shape index (κ2) is 7.80. The Morgan fingerprint density at radius 2 is 1.48 bits per heavy atom. The molecule has 0 aromatic rings. The van der Waals surface area contributed by atoms with E-state index in [2.05, 4.69) is 46.9 Å². The summed E-state index contributed by atoms with van der Waals surface area (Å²) in [4.78, 5) is 0. The molecule has 168 valence electrons. The van der Waals surface area contributed by atoms with E-state index < -0.39 is 0 Å². The first-order valence-corrected chi connectivity index (χ1v) is 13.1. The Morgan fingerprint density at radius 3 is 2.21 bits per heavy atom. The number of aliphatic hydroxyl groups is 1. The van der Waals surface area contributed by atoms with Crippen molar-refractivity contribution in [1.29, 1.82) is 0 Å². The van der Waals surface area contributed by atoms with Gasteiger partial charge in [0.1, 0.15) is 0 Å². The molecule has 2 heteroatoms. The third kappa shape index (κ3) is 3.34. The van der Waals surface area contributed by atoms with E-state index in [-0.39, 0.29) is 11.5 Å². The van der Waals surface area contributed by atoms with Gasteiger partial charge in [0, 0.05) is 6.04 Å². The topological polar surface area (TPSA) is 32.3 Å². The lowest BCUT2D eigenvalue weighted by Gasteiger charge is -2.65. The molecule has 0 amide bonds. The van der Waals surface area contributed by atoms with E-state index in [1.165, 1.54) is 64.3 Å². The monoisotopic (exact) mass is 403 g/mol. The Morgan fingerprint density at radius 1 is 0.862 bits per heavy atom. The largest absolute Gasteiger partial charge is 0.393 e. The summed E-state index contributed by atoms with van der Waals surface area (Å²) in [7, 11) is 0. The number of nitrogens with one attached hydrogen (secondary N) is 1. The first kappa shape index (κ1) is 22.1. The third-order valence-corrected chi connectivity index (χ3v) is 11.3. The van der Waals surface area contributed by atoms with Gasteiger partial charge in [-0.3, -0.25) is 0 Å². The lowest BCUT2D eigenvalue weighted by molar-refractivity contribution is -0.184. The van der Waals surface area contributed by atoms with Gasteiger partial charge in [-0.2, -0.15) is 0 Å². The molecule has 2 N–H and O–H groups in total. The lowest BCUT2D eigenvalue weighted by atomic mass is 9.40. The van der Waals surface area contributed by atoms with Crippen LogP contribution in [0.4, 0.5) is 0 Å². The maximum absolute atomic E-state index is 10.8. The normalized spacial score (nSPS) is 49.8. The molecule has 4 saturated carbocycles. The van der Waals surface area contributed by atoms with Gasteiger partial charge in [0.05, 0.1) is 6.10 Å². The Balaban J connectivity index is 1.53. The molecule has 0 aliphatic heterocycles. The fraction of sp³-hybridized carbons (Fsp3) is 1.00. The van der Waals surface area contributed by atoms with Crippen LogP contribution < -0.4 is 5.32 Å². The van der Waals surface area contributed by atoms with E-state index in [1.54, 1.807) is 0 Å². The van der Waals surface area contributed by atoms with Crippen LogP contribution in [0.15, 0.2) is 0 Å². The van der Waals surface area contributed by atoms with Crippen LogP contribution in [0.5, 0.6) is 0 Å². The van der Waals surface area contributed by atoms with Crippen LogP contribution in [0.2, 0.25) is 0 Å². The van der Waals surface area contributed by atoms with Crippen LogP contribution in [0.25, 0.3) is 0 Å². The first-order valence-electron chi connectivity index (χ1n) is 13.1. The van der Waals surface area contributed by atoms with Crippen LogP contribution in [0, 0.1) is 45.8 Å². The van der Waals surface area contributed by atoms with Crippen LogP contribution in [-0.2, 0) is 0 Å². The van der Waals surface area contributed by atoms with Crippen molar-refractivity contribution in [3.05, 3.63) is 0 Å². The van der Waals surface area contributed by atoms with Crippen molar-refractivity contribution in [3.8, 4) is 0 Å². The Kier molecular flexibility index (Phi) is 5.95. The highest BCUT2D eigenvalue weighted by molar-refractivity contribution is 5.13. The van der Waals surface area contributed by atoms with Crippen molar-refractivity contribution in [3.63, 3.8) is 0 Å². The molecular weight excluding hydrogens is 354 g/mol. The van der Waals surface area contributed by atoms with Crippen molar-refractivity contribution in [2.24, 2.45) is 45.8 Å². The highest BCUT2D eigenvalue weighted by atomic mass is 16.3. The van der Waals surface area contributed by atoms with Gasteiger partial charge in [-0.1, -0.05) is 41.0 Å². The van der Waals surface area contributed by atoms with Crippen LogP contribution in [0.1, 0.15) is 106 Å². The van der Waals surface area contributed by atoms with Gasteiger partial charge >= 0.3 is 0 Å². The Hall–Kier alpha value is -0.0800. The molecule has 0 aromatic heterocycles. The summed E-state index contributed by atoms with van der Waals surface area (Å²) < 4.78 is 0. The molecule has 4 fully saturated rings. The number of hydrogen-bond donors (Lipinski definition) is 2. The molecule has 4 aliphatic rings. The summed E-state index contributed by atoms with van der Waals surface area (Å²) in [6.07, 6.45) is 13.3. The molecule has 4 rings (SSSR count). The van der Waals surface area contributed by atoms with E-state index in [0.29, 0.717) is 22.8 Å². The van der Waals surface area contributed by atoms with Gasteiger partial charge in [-0.15, -0.1) is 0 Å². The minimum Gasteiger partial charge on any atom is -0.393 e. The van der Waals surface area contributed by atoms with E-state index >= 15 is 0 Å². The highest BCUT2D eigenvalue weighted by Crippen LogP contribution is 2.70. The number of aliphatic hydroxyl groups excluding tert-OH is 1. The zero-order chi connectivity index (χ0) is 21.0. The van der Waals surface area contributed by atoms with Crippen molar-refractivity contribution < 1.29 is 5.11 Å². The number of fused-ring (bicyclic) bond motifs is 5. The zero-order valence-electron chi connectivity index (χ0n) is 20.3. The Labute approximate surface area is 181 Å². The number of unbranched alkanes of at least 4 members (excludes halogenated alkanes) is 1. The molecular formula is C27H49NO. The Bertz CT molecular complexity index is 587. The maximum Gasteiger partial charge on any atom is 0.0594 e. The summed E-state index contributed by atoms with van der Waals surface area (Å²) in [6.45, 7) is 16.0. The number of rotatable bonds is 5. The SMILES string of the molecule is CCCCNC(C)[C@H]1CC[C@]2(C)[C@@H]1CC[C@H]1[C@H]2CC[C@H]2C(C)(C)[C@@H](O)CC[C@]12C. The van der Waals surface area contributed by atoms with Gasteiger partial charge in [0.15, 0.2) is 0 Å². The van der Waals surface area contributed by atoms with Gasteiger partial charge in [-0.05, 0) is 117 Å². The molecule has 0 spiro atoms. The summed E-state index contributed by atoms with van der Waals surface area (Å²) >= 11 is 0. The fourth-order valence-corrected chi connectivity index (χ4v) is 9.52. The third-order valence-electron chi connectivity index (χ3n) is 11.3. The predicted octanol–water partition coefficient (Wildman–Crippen LogP) is 6.42. The smallest absolute Gasteiger partial charge is 0.0594 e. The molecule has 0 radical (unpaired) electrons. The molecule has 29 heavy (non-hydrogen) atoms. The molecule has 0 bridgehead atoms. The van der Waals surface area contributed by atoms with Crippen LogP contribution >= 0.6 is 0 Å². The van der Waals surface area contributed by atoms with E-state index in [1.807, 2.05) is 0 Å². The summed E-state index contributed by atoms with van der Waals surface area (Å²) in [6, 6.07) is 0.681. The van der Waals surface area contributed by atoms with Crippen LogP contribution in [-0.4, -0.2) is 23.8 Å². The van der Waals surface area contributed by atoms with Crippen LogP contribution in [0.3, 0.4) is 0 Å². The molecule has 0 saturated heterocycles. The average Bonchev–Trinajstić information content (AvgIpc) is 3.03. The quantitative estimate of drug-likeness (QED) is 0.519. The standard InChI is InChI=1S/C27H49NO/c1-7-8-17-28-18(2)19-13-15-26(5)20(19)9-10-22-21(26)11-12-23-25(3,4)24(29)14-16-27(22,23)6/h18-24,28-29H,7-17H2,1-6H3/t18?,19-,20-,21-,22+,23+,24+,26-,27-/m1/s1.